The number of aliphatic hydroxyl groups excluding tert-OH is 1. The second-order valence-electron chi connectivity index (χ2n) is 18.6. The Morgan fingerprint density at radius 3 is 2.30 bits per heavy atom. The number of benzene rings is 2. The molecule has 3 amide bonds. The number of carbonyl (C=O) groups excluding carboxylic acids is 3. The number of aliphatic carboxylic acids is 1. The lowest BCUT2D eigenvalue weighted by atomic mass is 9.85. The summed E-state index contributed by atoms with van der Waals surface area (Å²) < 4.78 is 3.72. The molecule has 1 fully saturated rings. The summed E-state index contributed by atoms with van der Waals surface area (Å²) in [5.41, 5.74) is 9.41. The average Bonchev–Trinajstić information content (AvgIpc) is 4.13. The predicted molar refractivity (Wildman–Crippen MR) is 257 cm³/mol. The summed E-state index contributed by atoms with van der Waals surface area (Å²) in [6.07, 6.45) is 3.28. The highest BCUT2D eigenvalue weighted by atomic mass is 32.1. The van der Waals surface area contributed by atoms with Crippen LogP contribution >= 0.6 is 22.7 Å². The van der Waals surface area contributed by atoms with Crippen molar-refractivity contribution in [2.24, 2.45) is 10.4 Å². The van der Waals surface area contributed by atoms with Crippen LogP contribution in [0.3, 0.4) is 0 Å². The predicted octanol–water partition coefficient (Wildman–Crippen LogP) is 7.07. The van der Waals surface area contributed by atoms with Crippen molar-refractivity contribution in [2.75, 3.05) is 6.54 Å². The number of carboxylic acid groups (broad SMARTS) is 1. The zero-order valence-electron chi connectivity index (χ0n) is 38.9. The molecule has 2 aromatic carbocycles. The molecule has 350 valence electrons. The standard InChI is InChI=1S/C49H56N10O6S2/c1-26-29(4)67-48-41(26)42(53-37(21-40(62)63)45-56-55-30(5)59(45)48)33-15-13-32(14-16-33)35-22-51-57(23-35)19-9-10-39(61)54-44(49(6,7)8)47(65)58-24-36(60)20-38(58)46(64)52-27(2)31-11-17-34(18-12-31)43-28(3)50-25-66-43/h11-18,22-23,25,27,36-38,44,60H,9-10,19-21,24H2,1-8H3,(H,52,64)(H,54,61)(H,62,63)/t27?,36-,37+,38+,44?/m1/s1. The van der Waals surface area contributed by atoms with Crippen LogP contribution in [0.2, 0.25) is 0 Å². The van der Waals surface area contributed by atoms with Crippen LogP contribution in [0.15, 0.2) is 71.4 Å². The van der Waals surface area contributed by atoms with Gasteiger partial charge in [0.2, 0.25) is 17.7 Å². The lowest BCUT2D eigenvalue weighted by Crippen LogP contribution is -2.57. The number of aliphatic imine (C=N–C) groups is 1. The molecule has 18 heteroatoms. The third-order valence-corrected chi connectivity index (χ3v) is 14.8. The smallest absolute Gasteiger partial charge is 0.306 e. The highest BCUT2D eigenvalue weighted by Crippen LogP contribution is 2.40. The van der Waals surface area contributed by atoms with Gasteiger partial charge in [-0.2, -0.15) is 5.10 Å². The summed E-state index contributed by atoms with van der Waals surface area (Å²) in [6, 6.07) is 13.0. The summed E-state index contributed by atoms with van der Waals surface area (Å²) >= 11 is 3.19. The van der Waals surface area contributed by atoms with Gasteiger partial charge in [0, 0.05) is 53.7 Å². The van der Waals surface area contributed by atoms with Crippen LogP contribution in [0.25, 0.3) is 26.6 Å². The summed E-state index contributed by atoms with van der Waals surface area (Å²) in [5.74, 6) is -0.877. The second kappa shape index (κ2) is 19.1. The van der Waals surface area contributed by atoms with E-state index in [-0.39, 0.29) is 43.7 Å². The molecule has 0 bridgehead atoms. The van der Waals surface area contributed by atoms with E-state index < -0.39 is 41.5 Å². The monoisotopic (exact) mass is 944 g/mol. The van der Waals surface area contributed by atoms with Gasteiger partial charge in [0.05, 0.1) is 46.6 Å². The van der Waals surface area contributed by atoms with Gasteiger partial charge in [-0.15, -0.1) is 32.9 Å². The molecule has 4 N–H and O–H groups in total. The van der Waals surface area contributed by atoms with E-state index in [1.807, 2.05) is 106 Å². The molecule has 0 radical (unpaired) electrons. The number of nitrogens with zero attached hydrogens (tertiary/aromatic N) is 8. The van der Waals surface area contributed by atoms with Crippen LogP contribution in [0, 0.1) is 33.1 Å². The minimum Gasteiger partial charge on any atom is -0.481 e. The van der Waals surface area contributed by atoms with E-state index in [0.717, 1.165) is 59.4 Å². The Labute approximate surface area is 397 Å². The molecule has 16 nitrogen and oxygen atoms in total. The molecule has 0 saturated carbocycles. The highest BCUT2D eigenvalue weighted by Gasteiger charge is 2.45. The second-order valence-corrected chi connectivity index (χ2v) is 20.6. The number of thiazole rings is 1. The Morgan fingerprint density at radius 1 is 0.925 bits per heavy atom. The molecule has 0 aliphatic carbocycles. The minimum atomic E-state index is -0.974. The van der Waals surface area contributed by atoms with Crippen molar-refractivity contribution in [3.05, 3.63) is 111 Å². The largest absolute Gasteiger partial charge is 0.481 e. The van der Waals surface area contributed by atoms with Crippen LogP contribution < -0.4 is 10.6 Å². The van der Waals surface area contributed by atoms with Gasteiger partial charge in [-0.05, 0) is 68.7 Å². The van der Waals surface area contributed by atoms with Gasteiger partial charge in [-0.25, -0.2) is 4.98 Å². The molecule has 6 aromatic rings. The third-order valence-electron chi connectivity index (χ3n) is 12.6. The molecule has 8 rings (SSSR count). The van der Waals surface area contributed by atoms with Crippen LogP contribution in [0.4, 0.5) is 0 Å². The van der Waals surface area contributed by atoms with Gasteiger partial charge in [0.25, 0.3) is 0 Å². The van der Waals surface area contributed by atoms with Gasteiger partial charge in [-0.3, -0.25) is 33.4 Å². The van der Waals surface area contributed by atoms with Gasteiger partial charge in [0.15, 0.2) is 5.82 Å². The number of carboxylic acids is 1. The summed E-state index contributed by atoms with van der Waals surface area (Å²) in [5, 5.41) is 40.6. The number of fused-ring (bicyclic) bond motifs is 3. The molecule has 1 saturated heterocycles. The van der Waals surface area contributed by atoms with Crippen LogP contribution in [0.5, 0.6) is 0 Å². The number of likely N-dealkylation sites (tertiary alicyclic amines) is 1. The van der Waals surface area contributed by atoms with Crippen LogP contribution in [-0.4, -0.2) is 98.8 Å². The van der Waals surface area contributed by atoms with E-state index in [2.05, 4.69) is 44.8 Å². The number of nitrogens with one attached hydrogen (secondary N) is 2. The molecule has 5 atom stereocenters. The van der Waals surface area contributed by atoms with Crippen molar-refractivity contribution in [3.63, 3.8) is 0 Å². The lowest BCUT2D eigenvalue weighted by Gasteiger charge is -2.35. The molecular formula is C49H56N10O6S2. The number of aryl methyl sites for hydroxylation is 4. The quantitative estimate of drug-likeness (QED) is 0.0873. The van der Waals surface area contributed by atoms with Crippen molar-refractivity contribution in [1.82, 2.24) is 45.1 Å². The highest BCUT2D eigenvalue weighted by molar-refractivity contribution is 7.15. The first kappa shape index (κ1) is 47.1. The molecule has 2 unspecified atom stereocenters. The Morgan fingerprint density at radius 2 is 1.63 bits per heavy atom. The van der Waals surface area contributed by atoms with Crippen molar-refractivity contribution < 1.29 is 29.4 Å². The van der Waals surface area contributed by atoms with E-state index in [4.69, 9.17) is 4.99 Å². The Balaban J connectivity index is 0.884. The third kappa shape index (κ3) is 9.87. The van der Waals surface area contributed by atoms with Crippen molar-refractivity contribution in [1.29, 1.82) is 0 Å². The van der Waals surface area contributed by atoms with E-state index >= 15 is 0 Å². The van der Waals surface area contributed by atoms with Crippen molar-refractivity contribution in [3.8, 4) is 26.6 Å². The van der Waals surface area contributed by atoms with E-state index in [1.165, 1.54) is 4.90 Å². The number of aliphatic hydroxyl groups is 1. The fourth-order valence-corrected chi connectivity index (χ4v) is 10.8. The molecule has 67 heavy (non-hydrogen) atoms. The van der Waals surface area contributed by atoms with Gasteiger partial charge < -0.3 is 25.7 Å². The number of amides is 3. The van der Waals surface area contributed by atoms with Crippen LogP contribution in [0.1, 0.15) is 110 Å². The number of rotatable bonds is 14. The van der Waals surface area contributed by atoms with E-state index in [9.17, 15) is 29.4 Å². The Hall–Kier alpha value is -6.37. The summed E-state index contributed by atoms with van der Waals surface area (Å²) in [6.45, 7) is 15.9. The Kier molecular flexibility index (Phi) is 13.4. The SMILES string of the molecule is Cc1ncsc1-c1ccc(C(C)NC(=O)[C@@H]2C[C@@H](O)CN2C(=O)C(NC(=O)CCCn2cc(-c3ccc(C4=N[C@@H](CC(=O)O)c5nnc(C)n5-c5sc(C)c(C)c54)cc3)cn2)C(C)(C)C)cc1. The van der Waals surface area contributed by atoms with Gasteiger partial charge in [0.1, 0.15) is 29.0 Å². The first-order chi connectivity index (χ1) is 31.9. The maximum atomic E-state index is 14.2. The van der Waals surface area contributed by atoms with Crippen molar-refractivity contribution >= 4 is 52.1 Å². The van der Waals surface area contributed by atoms with Crippen LogP contribution in [-0.2, 0) is 25.7 Å². The fourth-order valence-electron chi connectivity index (χ4n) is 8.80. The molecule has 4 aromatic heterocycles. The first-order valence-corrected chi connectivity index (χ1v) is 24.1. The molecular weight excluding hydrogens is 889 g/mol. The molecule has 0 spiro atoms. The summed E-state index contributed by atoms with van der Waals surface area (Å²) in [7, 11) is 0. The Bertz CT molecular complexity index is 2850. The molecule has 2 aliphatic heterocycles. The maximum Gasteiger partial charge on any atom is 0.306 e. The number of carbonyl (C=O) groups is 4. The topological polar surface area (TPSA) is 210 Å². The van der Waals surface area contributed by atoms with Gasteiger partial charge >= 0.3 is 5.97 Å². The van der Waals surface area contributed by atoms with Gasteiger partial charge in [-0.1, -0.05) is 69.3 Å². The fraction of sp³-hybridized carbons (Fsp3) is 0.408. The summed E-state index contributed by atoms with van der Waals surface area (Å²) in [4.78, 5) is 66.4. The zero-order valence-corrected chi connectivity index (χ0v) is 40.5. The number of β-amino-alcohol motifs (C(OH)–C–C–N with tert-alkyl or cyclic N) is 1. The number of aromatic nitrogens is 6. The maximum absolute atomic E-state index is 14.2. The van der Waals surface area contributed by atoms with E-state index in [1.54, 1.807) is 33.6 Å². The number of thiophene rings is 1. The molecule has 6 heterocycles. The zero-order chi connectivity index (χ0) is 47.9. The van der Waals surface area contributed by atoms with Crippen molar-refractivity contribution in [2.45, 2.75) is 118 Å². The lowest BCUT2D eigenvalue weighted by molar-refractivity contribution is -0.144. The first-order valence-electron chi connectivity index (χ1n) is 22.4. The number of hydrogen-bond donors (Lipinski definition) is 4. The number of hydrogen-bond acceptors (Lipinski definition) is 12. The minimum absolute atomic E-state index is 0.0117. The average molecular weight is 945 g/mol. The molecule has 2 aliphatic rings. The van der Waals surface area contributed by atoms with E-state index in [0.29, 0.717) is 30.3 Å². The normalized spacial score (nSPS) is 17.8.